The van der Waals surface area contributed by atoms with Crippen molar-refractivity contribution in [2.45, 2.75) is 13.1 Å². The molecule has 0 aromatic rings. The van der Waals surface area contributed by atoms with E-state index in [4.69, 9.17) is 4.74 Å². The molecule has 1 saturated heterocycles. The first-order valence-corrected chi connectivity index (χ1v) is 10.4. The molecule has 1 aliphatic heterocycles. The fourth-order valence-corrected chi connectivity index (χ4v) is 4.10. The van der Waals surface area contributed by atoms with Crippen molar-refractivity contribution < 1.29 is 4.74 Å². The van der Waals surface area contributed by atoms with Crippen molar-refractivity contribution >= 4 is 17.5 Å². The number of nitrogens with zero attached hydrogens (tertiary/aromatic N) is 1. The lowest BCUT2D eigenvalue weighted by Crippen LogP contribution is -2.54. The second-order valence-corrected chi connectivity index (χ2v) is 16.1. The normalized spacial score (nSPS) is 23.4. The Hall–Kier alpha value is 0.354. The van der Waals surface area contributed by atoms with Gasteiger partial charge in [0.15, 0.2) is 0 Å². The first kappa shape index (κ1) is 8.45. The molecular formula is C6H17NOSi2. The molecule has 0 radical (unpaired) electrons. The average Bonchev–Trinajstić information content (AvgIpc) is 1.88. The van der Waals surface area contributed by atoms with Crippen LogP contribution in [-0.2, 0) is 4.74 Å². The van der Waals surface area contributed by atoms with Gasteiger partial charge >= 0.3 is 0 Å². The summed E-state index contributed by atoms with van der Waals surface area (Å²) in [6, 6.07) is 0. The first-order valence-electron chi connectivity index (χ1n) is 3.93. The summed E-state index contributed by atoms with van der Waals surface area (Å²) in [6.07, 6.45) is 0. The van der Waals surface area contributed by atoms with Crippen LogP contribution in [0, 0.1) is 0 Å². The van der Waals surface area contributed by atoms with Crippen LogP contribution in [0.5, 0.6) is 0 Å². The lowest BCUT2D eigenvalue weighted by atomic mass is 10.5. The Morgan fingerprint density at radius 2 is 1.80 bits per heavy atom. The summed E-state index contributed by atoms with van der Waals surface area (Å²) in [4.78, 5) is 0. The Bertz CT molecular complexity index is 107. The average molecular weight is 175 g/mol. The molecule has 1 fully saturated rings. The van der Waals surface area contributed by atoms with E-state index in [1.807, 2.05) is 0 Å². The van der Waals surface area contributed by atoms with E-state index in [9.17, 15) is 0 Å². The SMILES string of the molecule is C[Si](C)([SiH3])N1CCOCC1. The Morgan fingerprint density at radius 1 is 1.30 bits per heavy atom. The van der Waals surface area contributed by atoms with Gasteiger partial charge < -0.3 is 9.30 Å². The van der Waals surface area contributed by atoms with Gasteiger partial charge in [0, 0.05) is 22.8 Å². The van der Waals surface area contributed by atoms with Crippen molar-refractivity contribution in [1.82, 2.24) is 4.57 Å². The van der Waals surface area contributed by atoms with Crippen LogP contribution in [0.25, 0.3) is 0 Å². The topological polar surface area (TPSA) is 12.5 Å². The number of ether oxygens (including phenoxy) is 1. The maximum atomic E-state index is 5.29. The number of hydrogen-bond acceptors (Lipinski definition) is 2. The summed E-state index contributed by atoms with van der Waals surface area (Å²) in [6.45, 7) is 9.18. The summed E-state index contributed by atoms with van der Waals surface area (Å²) >= 11 is 0. The largest absolute Gasteiger partial charge is 0.379 e. The third-order valence-electron chi connectivity index (χ3n) is 1.96. The lowest BCUT2D eigenvalue weighted by molar-refractivity contribution is 0.0703. The fraction of sp³-hybridized carbons (Fsp3) is 1.00. The third kappa shape index (κ3) is 2.19. The van der Waals surface area contributed by atoms with Crippen LogP contribution in [0.4, 0.5) is 0 Å². The molecular weight excluding hydrogens is 158 g/mol. The lowest BCUT2D eigenvalue weighted by Gasteiger charge is -2.36. The Morgan fingerprint density at radius 3 is 2.10 bits per heavy atom. The van der Waals surface area contributed by atoms with Crippen LogP contribution in [-0.4, -0.2) is 48.4 Å². The summed E-state index contributed by atoms with van der Waals surface area (Å²) < 4.78 is 7.95. The van der Waals surface area contributed by atoms with E-state index in [1.54, 1.807) is 0 Å². The Labute approximate surface area is 66.9 Å². The molecule has 0 aromatic carbocycles. The predicted molar refractivity (Wildman–Crippen MR) is 49.8 cm³/mol. The molecule has 0 unspecified atom stereocenters. The minimum absolute atomic E-state index is 0.864. The van der Waals surface area contributed by atoms with Crippen molar-refractivity contribution in [3.63, 3.8) is 0 Å². The zero-order valence-corrected chi connectivity index (χ0v) is 10.2. The maximum Gasteiger partial charge on any atom is 0.101 e. The molecule has 0 N–H and O–H groups in total. The fourth-order valence-electron chi connectivity index (χ4n) is 1.23. The summed E-state index contributed by atoms with van der Waals surface area (Å²) in [5, 5.41) is 0. The molecule has 0 atom stereocenters. The van der Waals surface area contributed by atoms with Gasteiger partial charge in [0.1, 0.15) is 7.75 Å². The molecule has 0 aromatic heterocycles. The van der Waals surface area contributed by atoms with Gasteiger partial charge in [-0.15, -0.1) is 0 Å². The zero-order chi connectivity index (χ0) is 7.61. The molecule has 10 heavy (non-hydrogen) atoms. The first-order chi connectivity index (χ1) is 4.61. The van der Waals surface area contributed by atoms with Gasteiger partial charge in [0.05, 0.1) is 13.2 Å². The van der Waals surface area contributed by atoms with E-state index in [0.717, 1.165) is 13.2 Å². The minimum Gasteiger partial charge on any atom is -0.379 e. The summed E-state index contributed by atoms with van der Waals surface area (Å²) in [5.41, 5.74) is 0. The van der Waals surface area contributed by atoms with E-state index in [1.165, 1.54) is 22.8 Å². The highest BCUT2D eigenvalue weighted by Gasteiger charge is 2.24. The van der Waals surface area contributed by atoms with Crippen molar-refractivity contribution in [2.75, 3.05) is 26.3 Å². The third-order valence-corrected chi connectivity index (χ3v) is 6.20. The van der Waals surface area contributed by atoms with Gasteiger partial charge in [0.2, 0.25) is 0 Å². The van der Waals surface area contributed by atoms with E-state index >= 15 is 0 Å². The van der Waals surface area contributed by atoms with Crippen molar-refractivity contribution in [2.24, 2.45) is 0 Å². The maximum absolute atomic E-state index is 5.29. The predicted octanol–water partition coefficient (Wildman–Crippen LogP) is -0.614. The highest BCUT2D eigenvalue weighted by Crippen LogP contribution is 2.07. The van der Waals surface area contributed by atoms with Gasteiger partial charge in [0.25, 0.3) is 0 Å². The smallest absolute Gasteiger partial charge is 0.101 e. The van der Waals surface area contributed by atoms with Crippen LogP contribution in [0.1, 0.15) is 0 Å². The van der Waals surface area contributed by atoms with Gasteiger partial charge in [-0.2, -0.15) is 0 Å². The van der Waals surface area contributed by atoms with Crippen LogP contribution in [0.3, 0.4) is 0 Å². The molecule has 0 spiro atoms. The second kappa shape index (κ2) is 3.17. The molecule has 0 aliphatic carbocycles. The van der Waals surface area contributed by atoms with Gasteiger partial charge in [-0.25, -0.2) is 0 Å². The van der Waals surface area contributed by atoms with Gasteiger partial charge in [-0.1, -0.05) is 13.1 Å². The highest BCUT2D eigenvalue weighted by atomic mass is 29.2. The van der Waals surface area contributed by atoms with E-state index in [2.05, 4.69) is 17.7 Å². The molecule has 1 rings (SSSR count). The molecule has 0 bridgehead atoms. The zero-order valence-electron chi connectivity index (χ0n) is 7.18. The standard InChI is InChI=1S/C6H17NOSi2/c1-10(2,9)7-3-5-8-6-4-7/h3-6H2,1-2,9H3. The number of morpholine rings is 1. The summed E-state index contributed by atoms with van der Waals surface area (Å²) in [7, 11) is 0.514. The minimum atomic E-state index is -0.864. The molecule has 0 saturated carbocycles. The van der Waals surface area contributed by atoms with Crippen molar-refractivity contribution in [1.29, 1.82) is 0 Å². The van der Waals surface area contributed by atoms with Gasteiger partial charge in [-0.3, -0.25) is 0 Å². The van der Waals surface area contributed by atoms with Crippen LogP contribution < -0.4 is 0 Å². The van der Waals surface area contributed by atoms with E-state index in [0.29, 0.717) is 0 Å². The monoisotopic (exact) mass is 175 g/mol. The Kier molecular flexibility index (Phi) is 2.68. The second-order valence-electron chi connectivity index (χ2n) is 3.77. The van der Waals surface area contributed by atoms with Crippen LogP contribution in [0.2, 0.25) is 13.1 Å². The molecule has 2 nitrogen and oxygen atoms in total. The van der Waals surface area contributed by atoms with E-state index < -0.39 is 7.75 Å². The molecule has 1 heterocycles. The van der Waals surface area contributed by atoms with Gasteiger partial charge in [-0.05, 0) is 0 Å². The highest BCUT2D eigenvalue weighted by molar-refractivity contribution is 7.14. The van der Waals surface area contributed by atoms with Crippen molar-refractivity contribution in [3.05, 3.63) is 0 Å². The summed E-state index contributed by atoms with van der Waals surface area (Å²) in [5.74, 6) is 0. The quantitative estimate of drug-likeness (QED) is 0.493. The van der Waals surface area contributed by atoms with E-state index in [-0.39, 0.29) is 0 Å². The number of hydrogen-bond donors (Lipinski definition) is 0. The molecule has 60 valence electrons. The number of rotatable bonds is 1. The Balaban J connectivity index is 2.39. The molecule has 4 heteroatoms. The van der Waals surface area contributed by atoms with Crippen LogP contribution >= 0.6 is 0 Å². The molecule has 0 amide bonds. The van der Waals surface area contributed by atoms with Crippen molar-refractivity contribution in [3.8, 4) is 0 Å². The van der Waals surface area contributed by atoms with Crippen LogP contribution in [0.15, 0.2) is 0 Å². The molecule has 1 aliphatic rings.